The molecule has 0 bridgehead atoms. The van der Waals surface area contributed by atoms with Crippen molar-refractivity contribution in [3.8, 4) is 0 Å². The Bertz CT molecular complexity index is 1110. The molecule has 158 valence electrons. The summed E-state index contributed by atoms with van der Waals surface area (Å²) in [6, 6.07) is 20.0. The summed E-state index contributed by atoms with van der Waals surface area (Å²) in [5.74, 6) is -0.782. The molecule has 0 aliphatic heterocycles. The molecule has 2 amide bonds. The van der Waals surface area contributed by atoms with E-state index in [1.165, 1.54) is 24.3 Å². The van der Waals surface area contributed by atoms with Gasteiger partial charge in [-0.05, 0) is 29.8 Å². The van der Waals surface area contributed by atoms with Crippen molar-refractivity contribution in [3.05, 3.63) is 99.6 Å². The molecular formula is C23H22N4O4. The normalized spacial score (nSPS) is 10.3. The van der Waals surface area contributed by atoms with Crippen molar-refractivity contribution in [3.63, 3.8) is 0 Å². The van der Waals surface area contributed by atoms with Gasteiger partial charge in [0.1, 0.15) is 0 Å². The van der Waals surface area contributed by atoms with Gasteiger partial charge in [0, 0.05) is 49.7 Å². The molecule has 0 fully saturated rings. The summed E-state index contributed by atoms with van der Waals surface area (Å²) in [5, 5.41) is 16.5. The van der Waals surface area contributed by atoms with Gasteiger partial charge in [0.05, 0.1) is 10.5 Å². The molecule has 0 aliphatic carbocycles. The van der Waals surface area contributed by atoms with Crippen LogP contribution < -0.4 is 15.5 Å². The SMILES string of the molecule is CN(C)c1ccc(NC(=O)c2cccc([N+](=O)[O-])c2)cc1C(=O)NCc1ccccc1. The summed E-state index contributed by atoms with van der Waals surface area (Å²) < 4.78 is 0. The van der Waals surface area contributed by atoms with E-state index in [-0.39, 0.29) is 17.2 Å². The number of non-ortho nitro benzene ring substituents is 1. The largest absolute Gasteiger partial charge is 0.377 e. The van der Waals surface area contributed by atoms with Crippen LogP contribution in [0.4, 0.5) is 17.1 Å². The minimum atomic E-state index is -0.558. The number of nitrogens with zero attached hydrogens (tertiary/aromatic N) is 2. The summed E-state index contributed by atoms with van der Waals surface area (Å²) in [4.78, 5) is 37.6. The number of nitro groups is 1. The van der Waals surface area contributed by atoms with E-state index < -0.39 is 10.8 Å². The Morgan fingerprint density at radius 2 is 1.68 bits per heavy atom. The molecule has 0 atom stereocenters. The molecule has 0 unspecified atom stereocenters. The standard InChI is InChI=1S/C23H22N4O4/c1-26(2)21-12-11-18(25-22(28)17-9-6-10-19(13-17)27(30)31)14-20(21)23(29)24-15-16-7-4-3-5-8-16/h3-14H,15H2,1-2H3,(H,24,29)(H,25,28). The first-order valence-electron chi connectivity index (χ1n) is 9.54. The van der Waals surface area contributed by atoms with Gasteiger partial charge in [-0.3, -0.25) is 19.7 Å². The van der Waals surface area contributed by atoms with Gasteiger partial charge < -0.3 is 15.5 Å². The Balaban J connectivity index is 1.80. The average Bonchev–Trinajstić information content (AvgIpc) is 2.78. The zero-order chi connectivity index (χ0) is 22.4. The summed E-state index contributed by atoms with van der Waals surface area (Å²) in [5.41, 5.74) is 2.46. The van der Waals surface area contributed by atoms with Crippen molar-refractivity contribution in [2.45, 2.75) is 6.54 Å². The number of anilines is 2. The van der Waals surface area contributed by atoms with Crippen LogP contribution in [0.15, 0.2) is 72.8 Å². The van der Waals surface area contributed by atoms with Crippen molar-refractivity contribution in [2.75, 3.05) is 24.3 Å². The number of nitro benzene ring substituents is 1. The molecule has 0 aliphatic rings. The van der Waals surface area contributed by atoms with Crippen molar-refractivity contribution in [2.24, 2.45) is 0 Å². The fraction of sp³-hybridized carbons (Fsp3) is 0.130. The lowest BCUT2D eigenvalue weighted by Gasteiger charge is -2.18. The Hall–Kier alpha value is -4.20. The topological polar surface area (TPSA) is 105 Å². The number of carbonyl (C=O) groups excluding carboxylic acids is 2. The first-order valence-corrected chi connectivity index (χ1v) is 9.54. The molecule has 0 heterocycles. The van der Waals surface area contributed by atoms with Crippen LogP contribution in [0.5, 0.6) is 0 Å². The summed E-state index contributed by atoms with van der Waals surface area (Å²) in [6.07, 6.45) is 0. The molecule has 3 rings (SSSR count). The van der Waals surface area contributed by atoms with E-state index >= 15 is 0 Å². The maximum absolute atomic E-state index is 12.8. The Kier molecular flexibility index (Phi) is 6.61. The molecule has 0 spiro atoms. The fourth-order valence-corrected chi connectivity index (χ4v) is 3.02. The van der Waals surface area contributed by atoms with Gasteiger partial charge >= 0.3 is 0 Å². The van der Waals surface area contributed by atoms with Gasteiger partial charge in [-0.25, -0.2) is 0 Å². The van der Waals surface area contributed by atoms with Gasteiger partial charge in [0.2, 0.25) is 0 Å². The fourth-order valence-electron chi connectivity index (χ4n) is 3.02. The molecule has 0 saturated carbocycles. The van der Waals surface area contributed by atoms with E-state index in [4.69, 9.17) is 0 Å². The number of rotatable bonds is 7. The second-order valence-electron chi connectivity index (χ2n) is 7.06. The van der Waals surface area contributed by atoms with E-state index in [0.717, 1.165) is 5.56 Å². The minimum Gasteiger partial charge on any atom is -0.377 e. The number of hydrogen-bond donors (Lipinski definition) is 2. The number of benzene rings is 3. The summed E-state index contributed by atoms with van der Waals surface area (Å²) >= 11 is 0. The highest BCUT2D eigenvalue weighted by Crippen LogP contribution is 2.24. The highest BCUT2D eigenvalue weighted by Gasteiger charge is 2.16. The monoisotopic (exact) mass is 418 g/mol. The first-order chi connectivity index (χ1) is 14.8. The van der Waals surface area contributed by atoms with Crippen molar-refractivity contribution >= 4 is 28.9 Å². The highest BCUT2D eigenvalue weighted by molar-refractivity contribution is 6.06. The molecule has 8 heteroatoms. The third kappa shape index (κ3) is 5.45. The van der Waals surface area contributed by atoms with Crippen molar-refractivity contribution in [1.29, 1.82) is 0 Å². The predicted molar refractivity (Wildman–Crippen MR) is 119 cm³/mol. The van der Waals surface area contributed by atoms with Gasteiger partial charge in [-0.2, -0.15) is 0 Å². The Morgan fingerprint density at radius 1 is 0.935 bits per heavy atom. The third-order valence-electron chi connectivity index (χ3n) is 4.60. The predicted octanol–water partition coefficient (Wildman–Crippen LogP) is 3.84. The zero-order valence-electron chi connectivity index (χ0n) is 17.2. The lowest BCUT2D eigenvalue weighted by molar-refractivity contribution is -0.384. The van der Waals surface area contributed by atoms with E-state index in [9.17, 15) is 19.7 Å². The van der Waals surface area contributed by atoms with Crippen LogP contribution in [-0.4, -0.2) is 30.8 Å². The molecule has 0 aromatic heterocycles. The van der Waals surface area contributed by atoms with Gasteiger partial charge in [-0.15, -0.1) is 0 Å². The van der Waals surface area contributed by atoms with Crippen LogP contribution in [0.3, 0.4) is 0 Å². The van der Waals surface area contributed by atoms with Crippen molar-refractivity contribution < 1.29 is 14.5 Å². The third-order valence-corrected chi connectivity index (χ3v) is 4.60. The number of hydrogen-bond acceptors (Lipinski definition) is 5. The maximum Gasteiger partial charge on any atom is 0.270 e. The maximum atomic E-state index is 12.8. The van der Waals surface area contributed by atoms with Gasteiger partial charge in [0.25, 0.3) is 17.5 Å². The smallest absolute Gasteiger partial charge is 0.270 e. The molecule has 31 heavy (non-hydrogen) atoms. The summed E-state index contributed by atoms with van der Waals surface area (Å²) in [7, 11) is 3.65. The van der Waals surface area contributed by atoms with Crippen LogP contribution in [0.2, 0.25) is 0 Å². The molecule has 3 aromatic carbocycles. The van der Waals surface area contributed by atoms with Gasteiger partial charge in [0.15, 0.2) is 0 Å². The lowest BCUT2D eigenvalue weighted by atomic mass is 10.1. The molecule has 0 saturated heterocycles. The summed E-state index contributed by atoms with van der Waals surface area (Å²) in [6.45, 7) is 0.372. The van der Waals surface area contributed by atoms with E-state index in [0.29, 0.717) is 23.5 Å². The quantitative estimate of drug-likeness (QED) is 0.448. The average molecular weight is 418 g/mol. The number of carbonyl (C=O) groups is 2. The van der Waals surface area contributed by atoms with Crippen LogP contribution in [0.1, 0.15) is 26.3 Å². The van der Waals surface area contributed by atoms with Gasteiger partial charge in [-0.1, -0.05) is 36.4 Å². The van der Waals surface area contributed by atoms with E-state index in [1.807, 2.05) is 49.3 Å². The van der Waals surface area contributed by atoms with Crippen LogP contribution >= 0.6 is 0 Å². The van der Waals surface area contributed by atoms with Crippen LogP contribution in [-0.2, 0) is 6.54 Å². The number of nitrogens with one attached hydrogen (secondary N) is 2. The first kappa shape index (κ1) is 21.5. The highest BCUT2D eigenvalue weighted by atomic mass is 16.6. The second kappa shape index (κ2) is 9.53. The van der Waals surface area contributed by atoms with Crippen molar-refractivity contribution in [1.82, 2.24) is 5.32 Å². The Labute approximate surface area is 179 Å². The molecule has 0 radical (unpaired) electrons. The molecular weight excluding hydrogens is 396 g/mol. The van der Waals surface area contributed by atoms with E-state index in [2.05, 4.69) is 10.6 Å². The minimum absolute atomic E-state index is 0.154. The molecule has 8 nitrogen and oxygen atoms in total. The number of amides is 2. The molecule has 2 N–H and O–H groups in total. The van der Waals surface area contributed by atoms with E-state index in [1.54, 1.807) is 18.2 Å². The van der Waals surface area contributed by atoms with Crippen LogP contribution in [0.25, 0.3) is 0 Å². The second-order valence-corrected chi connectivity index (χ2v) is 7.06. The lowest BCUT2D eigenvalue weighted by Crippen LogP contribution is -2.25. The van der Waals surface area contributed by atoms with Crippen LogP contribution in [0, 0.1) is 10.1 Å². The molecule has 3 aromatic rings. The Morgan fingerprint density at radius 3 is 2.35 bits per heavy atom. The zero-order valence-corrected chi connectivity index (χ0v) is 17.2.